The lowest BCUT2D eigenvalue weighted by Gasteiger charge is -2.07. The van der Waals surface area contributed by atoms with E-state index in [1.165, 1.54) is 17.7 Å². The first-order valence-electron chi connectivity index (χ1n) is 9.60. The summed E-state index contributed by atoms with van der Waals surface area (Å²) in [4.78, 5) is 32.0. The highest BCUT2D eigenvalue weighted by Gasteiger charge is 2.18. The second kappa shape index (κ2) is 7.66. The van der Waals surface area contributed by atoms with E-state index in [0.717, 1.165) is 26.4 Å². The molecule has 0 aliphatic heterocycles. The van der Waals surface area contributed by atoms with Gasteiger partial charge in [-0.2, -0.15) is 5.10 Å². The minimum Gasteiger partial charge on any atom is -0.267 e. The number of amides is 1. The number of nitrogens with one attached hydrogen (secondary N) is 1. The zero-order chi connectivity index (χ0) is 21.4. The van der Waals surface area contributed by atoms with Crippen LogP contribution >= 0.6 is 11.3 Å². The van der Waals surface area contributed by atoms with Crippen molar-refractivity contribution in [2.24, 2.45) is 0 Å². The largest absolute Gasteiger partial charge is 0.290 e. The van der Waals surface area contributed by atoms with Gasteiger partial charge in [0.2, 0.25) is 0 Å². The first kappa shape index (κ1) is 19.0. The Morgan fingerprint density at radius 2 is 1.71 bits per heavy atom. The number of thiophene rings is 1. The van der Waals surface area contributed by atoms with Crippen LogP contribution in [0.4, 0.5) is 0 Å². The minimum atomic E-state index is -0.494. The molecule has 1 N–H and O–H groups in total. The van der Waals surface area contributed by atoms with Gasteiger partial charge in [-0.15, -0.1) is 11.3 Å². The minimum absolute atomic E-state index is 0.195. The van der Waals surface area contributed by atoms with E-state index in [2.05, 4.69) is 15.5 Å². The monoisotopic (exact) mass is 427 g/mol. The number of aryl methyl sites for hydroxylation is 1. The summed E-state index contributed by atoms with van der Waals surface area (Å²) < 4.78 is 2.72. The maximum Gasteiger partial charge on any atom is 0.290 e. The molecule has 3 aromatic heterocycles. The van der Waals surface area contributed by atoms with Gasteiger partial charge in [-0.25, -0.2) is 14.3 Å². The van der Waals surface area contributed by atoms with Gasteiger partial charge in [0, 0.05) is 16.6 Å². The molecule has 0 radical (unpaired) electrons. The smallest absolute Gasteiger partial charge is 0.267 e. The summed E-state index contributed by atoms with van der Waals surface area (Å²) in [5.41, 5.74) is 5.09. The number of aromatic nitrogens is 4. The number of carbonyl (C=O) groups is 1. The van der Waals surface area contributed by atoms with Crippen molar-refractivity contribution < 1.29 is 4.79 Å². The summed E-state index contributed by atoms with van der Waals surface area (Å²) in [5, 5.41) is 4.80. The topological polar surface area (TPSA) is 81.8 Å². The summed E-state index contributed by atoms with van der Waals surface area (Å²) in [5.74, 6) is -0.494. The Morgan fingerprint density at radius 1 is 1.00 bits per heavy atom. The van der Waals surface area contributed by atoms with Gasteiger partial charge in [0.1, 0.15) is 11.2 Å². The highest BCUT2D eigenvalue weighted by Crippen LogP contribution is 2.35. The van der Waals surface area contributed by atoms with Crippen molar-refractivity contribution in [1.82, 2.24) is 19.4 Å². The number of rotatable bonds is 4. The third-order valence-electron chi connectivity index (χ3n) is 4.92. The predicted octanol–water partition coefficient (Wildman–Crippen LogP) is 4.00. The summed E-state index contributed by atoms with van der Waals surface area (Å²) in [7, 11) is 0. The number of carbonyl (C=O) groups excluding carboxylic acids is 1. The third-order valence-corrected chi connectivity index (χ3v) is 5.93. The fourth-order valence-corrected chi connectivity index (χ4v) is 4.47. The molecule has 0 spiro atoms. The van der Waals surface area contributed by atoms with E-state index in [1.807, 2.05) is 67.6 Å². The summed E-state index contributed by atoms with van der Waals surface area (Å²) >= 11 is 1.46. The number of fused-ring (bicyclic) bond motifs is 1. The van der Waals surface area contributed by atoms with Gasteiger partial charge in [0.15, 0.2) is 5.69 Å². The first-order valence-corrected chi connectivity index (χ1v) is 10.4. The molecule has 5 aromatic rings. The van der Waals surface area contributed by atoms with Crippen molar-refractivity contribution in [3.63, 3.8) is 0 Å². The molecule has 8 heteroatoms. The number of benzene rings is 2. The van der Waals surface area contributed by atoms with Crippen molar-refractivity contribution in [3.05, 3.63) is 100 Å². The van der Waals surface area contributed by atoms with Crippen LogP contribution in [0, 0.1) is 6.92 Å². The molecule has 2 aromatic carbocycles. The Morgan fingerprint density at radius 3 is 2.45 bits per heavy atom. The van der Waals surface area contributed by atoms with Gasteiger partial charge in [-0.1, -0.05) is 48.5 Å². The quantitative estimate of drug-likeness (QED) is 0.470. The molecule has 5 rings (SSSR count). The second-order valence-electron chi connectivity index (χ2n) is 6.92. The predicted molar refractivity (Wildman–Crippen MR) is 121 cm³/mol. The van der Waals surface area contributed by atoms with Crippen LogP contribution in [0.1, 0.15) is 15.4 Å². The van der Waals surface area contributed by atoms with Crippen molar-refractivity contribution in [2.45, 2.75) is 6.92 Å². The van der Waals surface area contributed by atoms with Crippen molar-refractivity contribution in [1.29, 1.82) is 0 Å². The van der Waals surface area contributed by atoms with Gasteiger partial charge in [0.05, 0.1) is 11.1 Å². The summed E-state index contributed by atoms with van der Waals surface area (Å²) in [6, 6.07) is 20.8. The van der Waals surface area contributed by atoms with Gasteiger partial charge in [-0.05, 0) is 30.7 Å². The van der Waals surface area contributed by atoms with Gasteiger partial charge >= 0.3 is 0 Å². The average molecular weight is 427 g/mol. The van der Waals surface area contributed by atoms with Crippen LogP contribution in [0.15, 0.2) is 84.0 Å². The third kappa shape index (κ3) is 3.43. The van der Waals surface area contributed by atoms with Crippen molar-refractivity contribution in [3.8, 4) is 16.8 Å². The molecule has 1 amide bonds. The molecule has 0 aliphatic rings. The van der Waals surface area contributed by atoms with Crippen LogP contribution in [-0.2, 0) is 0 Å². The molecule has 31 heavy (non-hydrogen) atoms. The first-order chi connectivity index (χ1) is 15.1. The lowest BCUT2D eigenvalue weighted by atomic mass is 10.0. The van der Waals surface area contributed by atoms with E-state index < -0.39 is 5.91 Å². The molecule has 0 saturated carbocycles. The van der Waals surface area contributed by atoms with Crippen LogP contribution in [0.2, 0.25) is 0 Å². The Labute approximate surface area is 181 Å². The van der Waals surface area contributed by atoms with Gasteiger partial charge < -0.3 is 0 Å². The summed E-state index contributed by atoms with van der Waals surface area (Å²) in [6.45, 7) is 1.97. The van der Waals surface area contributed by atoms with Crippen molar-refractivity contribution >= 4 is 27.5 Å². The van der Waals surface area contributed by atoms with Crippen LogP contribution in [0.3, 0.4) is 0 Å². The van der Waals surface area contributed by atoms with Crippen LogP contribution in [-0.4, -0.2) is 25.3 Å². The molecule has 0 aliphatic carbocycles. The van der Waals surface area contributed by atoms with Crippen LogP contribution in [0.25, 0.3) is 27.0 Å². The molecule has 0 atom stereocenters. The standard InChI is InChI=1S/C23H17N5O2S/c1-15-19(16-8-4-2-5-9-16)20-22(31-15)24-14-28(23(20)30)26-21(29)18-12-13-27(25-18)17-10-6-3-7-11-17/h2-14H,1H3,(H,26,29). The fourth-order valence-electron chi connectivity index (χ4n) is 3.47. The van der Waals surface area contributed by atoms with E-state index in [4.69, 9.17) is 0 Å². The molecular formula is C23H17N5O2S. The SMILES string of the molecule is Cc1sc2ncn(NC(=O)c3ccn(-c4ccccc4)n3)c(=O)c2c1-c1ccccc1. The maximum atomic E-state index is 13.2. The zero-order valence-electron chi connectivity index (χ0n) is 16.5. The number of nitrogens with zero attached hydrogens (tertiary/aromatic N) is 4. The molecular weight excluding hydrogens is 410 g/mol. The highest BCUT2D eigenvalue weighted by atomic mass is 32.1. The lowest BCUT2D eigenvalue weighted by molar-refractivity contribution is 0.100. The summed E-state index contributed by atoms with van der Waals surface area (Å²) in [6.07, 6.45) is 3.03. The Bertz CT molecular complexity index is 1450. The number of para-hydroxylation sites is 1. The highest BCUT2D eigenvalue weighted by molar-refractivity contribution is 7.19. The molecule has 152 valence electrons. The Hall–Kier alpha value is -4.04. The van der Waals surface area contributed by atoms with Crippen molar-refractivity contribution in [2.75, 3.05) is 5.43 Å². The fraction of sp³-hybridized carbons (Fsp3) is 0.0435. The van der Waals surface area contributed by atoms with E-state index >= 15 is 0 Å². The lowest BCUT2D eigenvalue weighted by Crippen LogP contribution is -2.33. The molecule has 0 bridgehead atoms. The average Bonchev–Trinajstić information content (AvgIpc) is 3.42. The molecule has 0 saturated heterocycles. The van der Waals surface area contributed by atoms with E-state index in [9.17, 15) is 9.59 Å². The number of hydrogen-bond donors (Lipinski definition) is 1. The van der Waals surface area contributed by atoms with Gasteiger partial charge in [0.25, 0.3) is 11.5 Å². The second-order valence-corrected chi connectivity index (χ2v) is 8.12. The zero-order valence-corrected chi connectivity index (χ0v) is 17.3. The van der Waals surface area contributed by atoms with Gasteiger partial charge in [-0.3, -0.25) is 15.0 Å². The molecule has 0 unspecified atom stereocenters. The van der Waals surface area contributed by atoms with E-state index in [-0.39, 0.29) is 11.3 Å². The van der Waals surface area contributed by atoms with Crippen LogP contribution < -0.4 is 11.0 Å². The normalized spacial score (nSPS) is 11.0. The molecule has 7 nitrogen and oxygen atoms in total. The maximum absolute atomic E-state index is 13.2. The number of hydrogen-bond acceptors (Lipinski definition) is 5. The van der Waals surface area contributed by atoms with E-state index in [0.29, 0.717) is 10.2 Å². The Kier molecular flexibility index (Phi) is 4.68. The molecule has 3 heterocycles. The van der Waals surface area contributed by atoms with E-state index in [1.54, 1.807) is 16.9 Å². The molecule has 0 fully saturated rings. The Balaban J connectivity index is 1.50. The van der Waals surface area contributed by atoms with Crippen LogP contribution in [0.5, 0.6) is 0 Å².